The zero-order valence-electron chi connectivity index (χ0n) is 12.5. The summed E-state index contributed by atoms with van der Waals surface area (Å²) in [4.78, 5) is 6.07. The highest BCUT2D eigenvalue weighted by Crippen LogP contribution is 2.31. The van der Waals surface area contributed by atoms with Crippen LogP contribution in [0.1, 0.15) is 24.0 Å². The Morgan fingerprint density at radius 1 is 1.18 bits per heavy atom. The Morgan fingerprint density at radius 3 is 2.55 bits per heavy atom. The molecule has 2 aromatic rings. The van der Waals surface area contributed by atoms with Crippen LogP contribution >= 0.6 is 0 Å². The van der Waals surface area contributed by atoms with E-state index in [-0.39, 0.29) is 5.96 Å². The minimum absolute atomic E-state index is 0.271. The summed E-state index contributed by atoms with van der Waals surface area (Å²) in [5.74, 6) is 0.573. The minimum atomic E-state index is -3.81. The lowest BCUT2D eigenvalue weighted by molar-refractivity contribution is 0.581. The van der Waals surface area contributed by atoms with Gasteiger partial charge in [-0.1, -0.05) is 0 Å². The molecular weight excluding hydrogens is 302 g/mol. The van der Waals surface area contributed by atoms with Crippen LogP contribution in [-0.2, 0) is 23.1 Å². The Labute approximate surface area is 128 Å². The van der Waals surface area contributed by atoms with E-state index in [1.807, 2.05) is 12.1 Å². The molecule has 1 N–H and O–H groups in total. The highest BCUT2D eigenvalue weighted by Gasteiger charge is 2.29. The van der Waals surface area contributed by atoms with Crippen LogP contribution in [0.15, 0.2) is 16.5 Å². The number of aromatic nitrogens is 2. The number of anilines is 1. The fourth-order valence-electron chi connectivity index (χ4n) is 3.06. The zero-order chi connectivity index (χ0) is 15.5. The summed E-state index contributed by atoms with van der Waals surface area (Å²) >= 11 is 0. The van der Waals surface area contributed by atoms with Crippen molar-refractivity contribution in [1.82, 2.24) is 13.9 Å². The molecule has 0 atom stereocenters. The van der Waals surface area contributed by atoms with Gasteiger partial charge in [-0.3, -0.25) is 5.32 Å². The summed E-state index contributed by atoms with van der Waals surface area (Å²) in [6.45, 7) is 0. The van der Waals surface area contributed by atoms with Crippen molar-refractivity contribution in [3.63, 3.8) is 0 Å². The van der Waals surface area contributed by atoms with E-state index < -0.39 is 10.2 Å². The van der Waals surface area contributed by atoms with Gasteiger partial charge >= 0.3 is 10.2 Å². The number of rotatable bonds is 0. The van der Waals surface area contributed by atoms with E-state index in [4.69, 9.17) is 0 Å². The molecule has 1 aromatic heterocycles. The molecule has 0 saturated carbocycles. The standard InChI is InChI=1S/C14H17N5O2S/c1-18(2)14-16-13-15-11-7-9-5-3-4-6-10(9)8-12(11)19(13)22(20,21)17-14/h7-8H,3-6H2,1-2H3,(H,15,16,17). The predicted octanol–water partition coefficient (Wildman–Crippen LogP) is 1.35. The molecule has 2 aliphatic rings. The van der Waals surface area contributed by atoms with Crippen molar-refractivity contribution >= 4 is 33.2 Å². The first-order valence-corrected chi connectivity index (χ1v) is 8.69. The summed E-state index contributed by atoms with van der Waals surface area (Å²) in [6, 6.07) is 3.97. The number of nitrogens with zero attached hydrogens (tertiary/aromatic N) is 4. The average Bonchev–Trinajstić information content (AvgIpc) is 2.82. The lowest BCUT2D eigenvalue weighted by atomic mass is 9.91. The van der Waals surface area contributed by atoms with Crippen LogP contribution in [0.5, 0.6) is 0 Å². The van der Waals surface area contributed by atoms with E-state index in [2.05, 4.69) is 14.7 Å². The SMILES string of the molecule is CN(C)C1=NS(=O)(=O)n2c(nc3cc4c(cc32)CCCC4)N1. The van der Waals surface area contributed by atoms with Crippen molar-refractivity contribution in [2.45, 2.75) is 25.7 Å². The molecule has 2 heterocycles. The number of benzene rings is 1. The first kappa shape index (κ1) is 13.6. The number of hydrogen-bond acceptors (Lipinski definition) is 5. The summed E-state index contributed by atoms with van der Waals surface area (Å²) in [7, 11) is -0.339. The van der Waals surface area contributed by atoms with E-state index >= 15 is 0 Å². The molecule has 0 spiro atoms. The topological polar surface area (TPSA) is 79.6 Å². The van der Waals surface area contributed by atoms with Crippen LogP contribution in [0, 0.1) is 0 Å². The largest absolute Gasteiger partial charge is 0.354 e. The van der Waals surface area contributed by atoms with Crippen LogP contribution in [0.25, 0.3) is 11.0 Å². The maximum atomic E-state index is 12.5. The number of aryl methyl sites for hydroxylation is 2. The summed E-state index contributed by atoms with van der Waals surface area (Å²) < 4.78 is 30.0. The lowest BCUT2D eigenvalue weighted by Gasteiger charge is -2.21. The monoisotopic (exact) mass is 319 g/mol. The van der Waals surface area contributed by atoms with Gasteiger partial charge in [-0.2, -0.15) is 12.4 Å². The Hall–Kier alpha value is -2.09. The zero-order valence-corrected chi connectivity index (χ0v) is 13.3. The molecule has 0 unspecified atom stereocenters. The molecular formula is C14H17N5O2S. The molecule has 0 bridgehead atoms. The molecule has 0 amide bonds. The quantitative estimate of drug-likeness (QED) is 0.793. The summed E-state index contributed by atoms with van der Waals surface area (Å²) in [6.07, 6.45) is 4.35. The van der Waals surface area contributed by atoms with E-state index in [9.17, 15) is 8.42 Å². The highest BCUT2D eigenvalue weighted by atomic mass is 32.2. The van der Waals surface area contributed by atoms with E-state index in [1.54, 1.807) is 19.0 Å². The van der Waals surface area contributed by atoms with Gasteiger partial charge in [0.15, 0.2) is 0 Å². The van der Waals surface area contributed by atoms with Crippen LogP contribution in [-0.4, -0.2) is 42.3 Å². The molecule has 1 aromatic carbocycles. The first-order valence-electron chi connectivity index (χ1n) is 7.30. The fourth-order valence-corrected chi connectivity index (χ4v) is 4.27. The van der Waals surface area contributed by atoms with E-state index in [1.165, 1.54) is 21.5 Å². The third-order valence-corrected chi connectivity index (χ3v) is 5.39. The molecule has 22 heavy (non-hydrogen) atoms. The van der Waals surface area contributed by atoms with Crippen molar-refractivity contribution in [1.29, 1.82) is 0 Å². The molecule has 0 saturated heterocycles. The van der Waals surface area contributed by atoms with Crippen molar-refractivity contribution in [3.8, 4) is 0 Å². The van der Waals surface area contributed by atoms with E-state index in [0.29, 0.717) is 17.0 Å². The van der Waals surface area contributed by atoms with Crippen molar-refractivity contribution in [2.24, 2.45) is 4.40 Å². The van der Waals surface area contributed by atoms with Crippen molar-refractivity contribution in [3.05, 3.63) is 23.3 Å². The number of guanidine groups is 1. The molecule has 0 fully saturated rings. The summed E-state index contributed by atoms with van der Waals surface area (Å²) in [5, 5.41) is 2.98. The minimum Gasteiger partial charge on any atom is -0.348 e. The molecule has 7 nitrogen and oxygen atoms in total. The molecule has 116 valence electrons. The molecule has 8 heteroatoms. The molecule has 0 radical (unpaired) electrons. The van der Waals surface area contributed by atoms with Crippen LogP contribution in [0.4, 0.5) is 5.95 Å². The second-order valence-electron chi connectivity index (χ2n) is 5.93. The first-order chi connectivity index (χ1) is 10.5. The Balaban J connectivity index is 1.97. The van der Waals surface area contributed by atoms with E-state index in [0.717, 1.165) is 19.3 Å². The van der Waals surface area contributed by atoms with Gasteiger partial charge in [0, 0.05) is 14.1 Å². The predicted molar refractivity (Wildman–Crippen MR) is 85.4 cm³/mol. The fraction of sp³-hybridized carbons (Fsp3) is 0.429. The van der Waals surface area contributed by atoms with Gasteiger partial charge in [0.1, 0.15) is 0 Å². The van der Waals surface area contributed by atoms with Crippen molar-refractivity contribution in [2.75, 3.05) is 19.4 Å². The van der Waals surface area contributed by atoms with Gasteiger partial charge in [-0.25, -0.2) is 4.98 Å². The maximum Gasteiger partial charge on any atom is 0.354 e. The average molecular weight is 319 g/mol. The second-order valence-corrected chi connectivity index (χ2v) is 7.37. The summed E-state index contributed by atoms with van der Waals surface area (Å²) in [5.41, 5.74) is 3.80. The van der Waals surface area contributed by atoms with Gasteiger partial charge in [0.2, 0.25) is 11.9 Å². The van der Waals surface area contributed by atoms with Gasteiger partial charge in [-0.15, -0.1) is 4.40 Å². The Bertz CT molecular complexity index is 911. The lowest BCUT2D eigenvalue weighted by Crippen LogP contribution is -2.36. The molecule has 1 aliphatic heterocycles. The van der Waals surface area contributed by atoms with Crippen LogP contribution < -0.4 is 5.32 Å². The third-order valence-electron chi connectivity index (χ3n) is 4.16. The highest BCUT2D eigenvalue weighted by molar-refractivity contribution is 7.89. The maximum absolute atomic E-state index is 12.5. The smallest absolute Gasteiger partial charge is 0.348 e. The number of fused-ring (bicyclic) bond motifs is 4. The Morgan fingerprint density at radius 2 is 1.86 bits per heavy atom. The van der Waals surface area contributed by atoms with Crippen molar-refractivity contribution < 1.29 is 8.42 Å². The Kier molecular flexibility index (Phi) is 2.75. The number of hydrogen-bond donors (Lipinski definition) is 1. The number of imidazole rings is 1. The molecule has 1 aliphatic carbocycles. The van der Waals surface area contributed by atoms with Gasteiger partial charge < -0.3 is 4.90 Å². The van der Waals surface area contributed by atoms with Gasteiger partial charge in [0.05, 0.1) is 11.0 Å². The van der Waals surface area contributed by atoms with Crippen LogP contribution in [0.2, 0.25) is 0 Å². The second kappa shape index (κ2) is 4.45. The molecule has 4 rings (SSSR count). The third kappa shape index (κ3) is 1.90. The van der Waals surface area contributed by atoms with Crippen LogP contribution in [0.3, 0.4) is 0 Å². The normalized spacial score (nSPS) is 19.1. The number of nitrogens with one attached hydrogen (secondary N) is 1. The van der Waals surface area contributed by atoms with Gasteiger partial charge in [-0.05, 0) is 48.9 Å². The van der Waals surface area contributed by atoms with Gasteiger partial charge in [0.25, 0.3) is 0 Å².